The minimum atomic E-state index is -0.853. The molecular formula is C22H23FN3O6S-. The van der Waals surface area contributed by atoms with E-state index >= 15 is 0 Å². The lowest BCUT2D eigenvalue weighted by atomic mass is 10.2. The van der Waals surface area contributed by atoms with Crippen molar-refractivity contribution in [3.63, 3.8) is 0 Å². The van der Waals surface area contributed by atoms with Crippen LogP contribution < -0.4 is 9.80 Å². The number of morpholine rings is 1. The quantitative estimate of drug-likeness (QED) is 0.426. The first-order valence-corrected chi connectivity index (χ1v) is 11.4. The van der Waals surface area contributed by atoms with Crippen molar-refractivity contribution in [3.05, 3.63) is 51.6 Å². The number of hydroxylamine groups is 2. The highest BCUT2D eigenvalue weighted by atomic mass is 32.1. The fourth-order valence-corrected chi connectivity index (χ4v) is 4.44. The van der Waals surface area contributed by atoms with Crippen LogP contribution >= 0.6 is 11.3 Å². The summed E-state index contributed by atoms with van der Waals surface area (Å²) in [6.45, 7) is 1.85. The summed E-state index contributed by atoms with van der Waals surface area (Å²) in [5, 5.41) is 14.2. The number of anilines is 2. The number of benzene rings is 1. The van der Waals surface area contributed by atoms with E-state index in [9.17, 15) is 24.0 Å². The number of hydrogen-bond donors (Lipinski definition) is 0. The zero-order valence-electron chi connectivity index (χ0n) is 17.8. The summed E-state index contributed by atoms with van der Waals surface area (Å²) in [5.74, 6) is -1.43. The van der Waals surface area contributed by atoms with Crippen molar-refractivity contribution in [1.82, 2.24) is 5.06 Å². The van der Waals surface area contributed by atoms with Crippen LogP contribution in [0.15, 0.2) is 35.7 Å². The highest BCUT2D eigenvalue weighted by molar-refractivity contribution is 7.12. The van der Waals surface area contributed by atoms with Gasteiger partial charge in [0.05, 0.1) is 36.0 Å². The Morgan fingerprint density at radius 1 is 1.21 bits per heavy atom. The smallest absolute Gasteiger partial charge is 0.414 e. The maximum Gasteiger partial charge on any atom is 0.414 e. The summed E-state index contributed by atoms with van der Waals surface area (Å²) in [6.07, 6.45) is -1.86. The number of carbonyl (C=O) groups is 3. The summed E-state index contributed by atoms with van der Waals surface area (Å²) in [4.78, 5) is 40.0. The first kappa shape index (κ1) is 23.1. The van der Waals surface area contributed by atoms with Gasteiger partial charge in [-0.3, -0.25) is 14.5 Å². The van der Waals surface area contributed by atoms with E-state index in [0.29, 0.717) is 42.6 Å². The van der Waals surface area contributed by atoms with Crippen LogP contribution in [0.3, 0.4) is 0 Å². The Hall–Kier alpha value is -3.02. The number of carbonyl (C=O) groups excluding carboxylic acids is 3. The van der Waals surface area contributed by atoms with Gasteiger partial charge < -0.3 is 24.6 Å². The first-order valence-electron chi connectivity index (χ1n) is 10.6. The van der Waals surface area contributed by atoms with Crippen molar-refractivity contribution >= 4 is 40.5 Å². The van der Waals surface area contributed by atoms with Gasteiger partial charge in [-0.15, -0.1) is 11.3 Å². The third-order valence-electron chi connectivity index (χ3n) is 5.48. The van der Waals surface area contributed by atoms with Crippen molar-refractivity contribution in [2.75, 3.05) is 49.2 Å². The molecule has 2 amide bonds. The monoisotopic (exact) mass is 476 g/mol. The number of halogens is 1. The number of nitrogens with zero attached hydrogens (tertiary/aromatic N) is 3. The highest BCUT2D eigenvalue weighted by Gasteiger charge is 2.33. The number of rotatable bonds is 8. The van der Waals surface area contributed by atoms with E-state index in [2.05, 4.69) is 0 Å². The Morgan fingerprint density at radius 2 is 2.00 bits per heavy atom. The third-order valence-corrected chi connectivity index (χ3v) is 6.39. The standard InChI is InChI=1S/C22H23FN3O6S/c23-17-12-15(3-4-18(17)24-7-9-31-10-8-24)25-13-16(32-22(25)29)14-26(30)21(28)6-5-19(27)20-2-1-11-33-20/h1-4,11-12,16H,5-10,13-14H2/q-1/t16-/m0/s1. The molecule has 2 aromatic rings. The first-order chi connectivity index (χ1) is 15.9. The van der Waals surface area contributed by atoms with Crippen LogP contribution in [0.25, 0.3) is 0 Å². The van der Waals surface area contributed by atoms with Gasteiger partial charge in [-0.1, -0.05) is 6.07 Å². The molecule has 4 rings (SSSR count). The van der Waals surface area contributed by atoms with Crippen molar-refractivity contribution < 1.29 is 28.2 Å². The summed E-state index contributed by atoms with van der Waals surface area (Å²) in [6, 6.07) is 7.88. The molecular weight excluding hydrogens is 453 g/mol. The van der Waals surface area contributed by atoms with Crippen LogP contribution in [0.2, 0.25) is 0 Å². The van der Waals surface area contributed by atoms with Crippen molar-refractivity contribution in [3.8, 4) is 0 Å². The van der Waals surface area contributed by atoms with Crippen LogP contribution in [0.5, 0.6) is 0 Å². The number of Topliss-reactive ketones (excluding diaryl/α,β-unsaturated/α-hetero) is 1. The Balaban J connectivity index is 1.31. The van der Waals surface area contributed by atoms with Gasteiger partial charge in [0.25, 0.3) is 0 Å². The molecule has 0 bridgehead atoms. The average molecular weight is 477 g/mol. The molecule has 11 heteroatoms. The van der Waals surface area contributed by atoms with E-state index in [1.54, 1.807) is 29.6 Å². The SMILES string of the molecule is O=C(CCC(=O)N([O-])C[C@@H]1CN(c2ccc(N3CCOCC3)c(F)c2)C(=O)O1)c1cccs1. The van der Waals surface area contributed by atoms with Crippen molar-refractivity contribution in [2.45, 2.75) is 18.9 Å². The predicted molar refractivity (Wildman–Crippen MR) is 120 cm³/mol. The minimum absolute atomic E-state index is 0.00925. The number of ether oxygens (including phenoxy) is 2. The highest BCUT2D eigenvalue weighted by Crippen LogP contribution is 2.28. The lowest BCUT2D eigenvalue weighted by molar-refractivity contribution is -0.129. The van der Waals surface area contributed by atoms with Gasteiger partial charge in [0, 0.05) is 32.5 Å². The maximum absolute atomic E-state index is 14.7. The van der Waals surface area contributed by atoms with Crippen LogP contribution in [-0.2, 0) is 14.3 Å². The molecule has 2 aliphatic heterocycles. The van der Waals surface area contributed by atoms with E-state index < -0.39 is 23.9 Å². The summed E-state index contributed by atoms with van der Waals surface area (Å²) < 4.78 is 25.2. The molecule has 0 radical (unpaired) electrons. The van der Waals surface area contributed by atoms with Gasteiger partial charge in [-0.25, -0.2) is 9.18 Å². The van der Waals surface area contributed by atoms with Crippen LogP contribution in [0, 0.1) is 11.0 Å². The average Bonchev–Trinajstić information content (AvgIpc) is 3.48. The molecule has 3 heterocycles. The molecule has 0 N–H and O–H groups in total. The molecule has 0 aliphatic carbocycles. The molecule has 1 atom stereocenters. The second kappa shape index (κ2) is 10.3. The van der Waals surface area contributed by atoms with Crippen LogP contribution in [0.4, 0.5) is 20.6 Å². The Kier molecular flexibility index (Phi) is 7.21. The maximum atomic E-state index is 14.7. The van der Waals surface area contributed by atoms with E-state index in [1.807, 2.05) is 4.90 Å². The molecule has 1 aromatic carbocycles. The number of thiophene rings is 1. The Labute approximate surface area is 193 Å². The summed E-state index contributed by atoms with van der Waals surface area (Å²) >= 11 is 1.27. The van der Waals surface area contributed by atoms with Gasteiger partial charge in [-0.2, -0.15) is 0 Å². The van der Waals surface area contributed by atoms with Gasteiger partial charge in [0.1, 0.15) is 11.9 Å². The van der Waals surface area contributed by atoms with Crippen LogP contribution in [0.1, 0.15) is 22.5 Å². The predicted octanol–water partition coefficient (Wildman–Crippen LogP) is 3.04. The Bertz CT molecular complexity index is 1010. The largest absolute Gasteiger partial charge is 0.756 e. The summed E-state index contributed by atoms with van der Waals surface area (Å²) in [5.41, 5.74) is 0.738. The molecule has 0 spiro atoms. The van der Waals surface area contributed by atoms with E-state index in [-0.39, 0.29) is 36.8 Å². The van der Waals surface area contributed by atoms with Crippen molar-refractivity contribution in [2.24, 2.45) is 0 Å². The summed E-state index contributed by atoms with van der Waals surface area (Å²) in [7, 11) is 0. The molecule has 0 unspecified atom stereocenters. The van der Waals surface area contributed by atoms with Gasteiger partial charge in [0.2, 0.25) is 5.91 Å². The van der Waals surface area contributed by atoms with E-state index in [1.165, 1.54) is 22.3 Å². The normalized spacial score (nSPS) is 18.4. The van der Waals surface area contributed by atoms with E-state index in [4.69, 9.17) is 9.47 Å². The van der Waals surface area contributed by atoms with Gasteiger partial charge >= 0.3 is 6.09 Å². The van der Waals surface area contributed by atoms with Crippen LogP contribution in [-0.4, -0.2) is 68.3 Å². The molecule has 33 heavy (non-hydrogen) atoms. The fraction of sp³-hybridized carbons (Fsp3) is 0.409. The van der Waals surface area contributed by atoms with E-state index in [0.717, 1.165) is 0 Å². The zero-order chi connectivity index (χ0) is 23.4. The molecule has 1 aromatic heterocycles. The third kappa shape index (κ3) is 5.49. The lowest BCUT2D eigenvalue weighted by Crippen LogP contribution is -2.37. The molecule has 0 saturated carbocycles. The minimum Gasteiger partial charge on any atom is -0.756 e. The Morgan fingerprint density at radius 3 is 2.70 bits per heavy atom. The topological polar surface area (TPSA) is 102 Å². The van der Waals surface area contributed by atoms with Gasteiger partial charge in [-0.05, 0) is 29.6 Å². The lowest BCUT2D eigenvalue weighted by Gasteiger charge is -2.30. The molecule has 2 aliphatic rings. The molecule has 2 saturated heterocycles. The number of cyclic esters (lactones) is 1. The molecule has 9 nitrogen and oxygen atoms in total. The number of ketones is 1. The number of amides is 2. The zero-order valence-corrected chi connectivity index (χ0v) is 18.6. The van der Waals surface area contributed by atoms with Crippen molar-refractivity contribution in [1.29, 1.82) is 0 Å². The second-order valence-electron chi connectivity index (χ2n) is 7.71. The fourth-order valence-electron chi connectivity index (χ4n) is 3.74. The number of hydrogen-bond acceptors (Lipinski definition) is 8. The molecule has 2 fully saturated rings. The van der Waals surface area contributed by atoms with Gasteiger partial charge in [0.15, 0.2) is 5.78 Å². The molecule has 176 valence electrons. The second-order valence-corrected chi connectivity index (χ2v) is 8.65.